The lowest BCUT2D eigenvalue weighted by atomic mass is 10.0. The number of piperazine rings is 1. The number of ether oxygens (including phenoxy) is 1. The van der Waals surface area contributed by atoms with Gasteiger partial charge in [-0.25, -0.2) is 0 Å². The number of carbonyl (C=O) groups excluding carboxylic acids is 1. The van der Waals surface area contributed by atoms with Crippen LogP contribution in [0.5, 0.6) is 5.75 Å². The summed E-state index contributed by atoms with van der Waals surface area (Å²) < 4.78 is 6.08. The summed E-state index contributed by atoms with van der Waals surface area (Å²) in [5.41, 5.74) is 4.79. The summed E-state index contributed by atoms with van der Waals surface area (Å²) in [4.78, 5) is 17.2. The number of benzene rings is 2. The summed E-state index contributed by atoms with van der Waals surface area (Å²) in [6, 6.07) is 14.1. The first kappa shape index (κ1) is 17.1. The van der Waals surface area contributed by atoms with Gasteiger partial charge in [0.2, 0.25) is 0 Å². The summed E-state index contributed by atoms with van der Waals surface area (Å²) in [6.45, 7) is 9.23. The van der Waals surface area contributed by atoms with Crippen LogP contribution in [-0.4, -0.2) is 49.5 Å². The normalized spacial score (nSPS) is 20.6. The predicted octanol–water partition coefficient (Wildman–Crippen LogP) is 3.46. The summed E-state index contributed by atoms with van der Waals surface area (Å²) in [5, 5.41) is 0. The minimum atomic E-state index is -0.0374. The minimum Gasteiger partial charge on any atom is -0.488 e. The van der Waals surface area contributed by atoms with E-state index in [1.807, 2.05) is 24.3 Å². The van der Waals surface area contributed by atoms with E-state index in [1.165, 1.54) is 16.8 Å². The molecule has 0 aliphatic carbocycles. The molecule has 136 valence electrons. The molecule has 0 aromatic heterocycles. The molecule has 0 bridgehead atoms. The Morgan fingerprint density at radius 3 is 2.58 bits per heavy atom. The standard InChI is InChI=1S/C22H26N2O2/c1-16-6-5-8-20(17(16)2)24-12-10-23(11-13-24)15-18-14-21(25)19-7-3-4-9-22(19)26-18/h3-9,18H,10-15H2,1-2H3/t18-/m1/s1. The molecule has 4 rings (SSSR count). The molecule has 2 heterocycles. The molecule has 4 heteroatoms. The van der Waals surface area contributed by atoms with E-state index >= 15 is 0 Å². The van der Waals surface area contributed by atoms with E-state index in [2.05, 4.69) is 41.8 Å². The molecule has 4 nitrogen and oxygen atoms in total. The third kappa shape index (κ3) is 3.34. The van der Waals surface area contributed by atoms with Crippen LogP contribution in [0.1, 0.15) is 27.9 Å². The van der Waals surface area contributed by atoms with E-state index in [0.29, 0.717) is 6.42 Å². The lowest BCUT2D eigenvalue weighted by Gasteiger charge is -2.38. The van der Waals surface area contributed by atoms with Gasteiger partial charge in [0, 0.05) is 44.8 Å². The number of para-hydroxylation sites is 1. The molecule has 26 heavy (non-hydrogen) atoms. The molecule has 0 saturated carbocycles. The van der Waals surface area contributed by atoms with Gasteiger partial charge in [0.25, 0.3) is 0 Å². The van der Waals surface area contributed by atoms with Gasteiger partial charge in [0.15, 0.2) is 5.78 Å². The highest BCUT2D eigenvalue weighted by Gasteiger charge is 2.29. The van der Waals surface area contributed by atoms with E-state index in [0.717, 1.165) is 44.0 Å². The molecule has 2 aliphatic heterocycles. The molecular weight excluding hydrogens is 324 g/mol. The van der Waals surface area contributed by atoms with Gasteiger partial charge in [-0.15, -0.1) is 0 Å². The zero-order chi connectivity index (χ0) is 18.1. The molecular formula is C22H26N2O2. The van der Waals surface area contributed by atoms with E-state index in [-0.39, 0.29) is 11.9 Å². The highest BCUT2D eigenvalue weighted by atomic mass is 16.5. The maximum atomic E-state index is 12.3. The van der Waals surface area contributed by atoms with Crippen LogP contribution in [0.2, 0.25) is 0 Å². The van der Waals surface area contributed by atoms with Gasteiger partial charge in [-0.1, -0.05) is 24.3 Å². The first-order valence-electron chi connectivity index (χ1n) is 9.44. The average molecular weight is 350 g/mol. The smallest absolute Gasteiger partial charge is 0.170 e. The Hall–Kier alpha value is -2.33. The number of hydrogen-bond donors (Lipinski definition) is 0. The van der Waals surface area contributed by atoms with Crippen LogP contribution in [0, 0.1) is 13.8 Å². The molecule has 2 aromatic rings. The van der Waals surface area contributed by atoms with Crippen LogP contribution in [0.4, 0.5) is 5.69 Å². The highest BCUT2D eigenvalue weighted by Crippen LogP contribution is 2.28. The van der Waals surface area contributed by atoms with E-state index in [9.17, 15) is 4.79 Å². The van der Waals surface area contributed by atoms with Crippen molar-refractivity contribution in [2.45, 2.75) is 26.4 Å². The Bertz CT molecular complexity index is 810. The third-order valence-corrected chi connectivity index (χ3v) is 5.65. The molecule has 0 amide bonds. The molecule has 1 saturated heterocycles. The number of carbonyl (C=O) groups is 1. The van der Waals surface area contributed by atoms with Crippen molar-refractivity contribution in [2.75, 3.05) is 37.6 Å². The van der Waals surface area contributed by atoms with Crippen molar-refractivity contribution in [2.24, 2.45) is 0 Å². The van der Waals surface area contributed by atoms with Crippen LogP contribution in [0.15, 0.2) is 42.5 Å². The number of ketones is 1. The maximum absolute atomic E-state index is 12.3. The molecule has 2 aliphatic rings. The lowest BCUT2D eigenvalue weighted by Crippen LogP contribution is -2.50. The summed E-state index contributed by atoms with van der Waals surface area (Å²) in [7, 11) is 0. The van der Waals surface area contributed by atoms with Gasteiger partial charge < -0.3 is 9.64 Å². The Kier molecular flexibility index (Phi) is 4.68. The predicted molar refractivity (Wildman–Crippen MR) is 104 cm³/mol. The van der Waals surface area contributed by atoms with Gasteiger partial charge >= 0.3 is 0 Å². The molecule has 2 aromatic carbocycles. The van der Waals surface area contributed by atoms with E-state index < -0.39 is 0 Å². The van der Waals surface area contributed by atoms with E-state index in [4.69, 9.17) is 4.74 Å². The molecule has 0 radical (unpaired) electrons. The number of fused-ring (bicyclic) bond motifs is 1. The van der Waals surface area contributed by atoms with E-state index in [1.54, 1.807) is 0 Å². The molecule has 1 fully saturated rings. The van der Waals surface area contributed by atoms with Crippen molar-refractivity contribution in [3.8, 4) is 5.75 Å². The van der Waals surface area contributed by atoms with Gasteiger partial charge in [0.1, 0.15) is 11.9 Å². The second-order valence-electron chi connectivity index (χ2n) is 7.37. The Morgan fingerprint density at radius 1 is 1.00 bits per heavy atom. The largest absolute Gasteiger partial charge is 0.488 e. The number of anilines is 1. The average Bonchev–Trinajstić information content (AvgIpc) is 2.65. The van der Waals surface area contributed by atoms with Crippen molar-refractivity contribution in [1.29, 1.82) is 0 Å². The topological polar surface area (TPSA) is 32.8 Å². The maximum Gasteiger partial charge on any atom is 0.170 e. The van der Waals surface area contributed by atoms with Crippen molar-refractivity contribution in [3.05, 3.63) is 59.2 Å². The monoisotopic (exact) mass is 350 g/mol. The fourth-order valence-electron chi connectivity index (χ4n) is 3.98. The third-order valence-electron chi connectivity index (χ3n) is 5.65. The Morgan fingerprint density at radius 2 is 1.77 bits per heavy atom. The zero-order valence-electron chi connectivity index (χ0n) is 15.6. The second-order valence-corrected chi connectivity index (χ2v) is 7.37. The van der Waals surface area contributed by atoms with Crippen LogP contribution in [-0.2, 0) is 0 Å². The van der Waals surface area contributed by atoms with Crippen LogP contribution >= 0.6 is 0 Å². The summed E-state index contributed by atoms with van der Waals surface area (Å²) in [6.07, 6.45) is 0.443. The number of aryl methyl sites for hydroxylation is 1. The molecule has 0 spiro atoms. The fourth-order valence-corrected chi connectivity index (χ4v) is 3.98. The van der Waals surface area contributed by atoms with Crippen molar-refractivity contribution in [3.63, 3.8) is 0 Å². The van der Waals surface area contributed by atoms with Gasteiger partial charge in [-0.05, 0) is 43.2 Å². The highest BCUT2D eigenvalue weighted by molar-refractivity contribution is 5.99. The van der Waals surface area contributed by atoms with Crippen LogP contribution in [0.3, 0.4) is 0 Å². The van der Waals surface area contributed by atoms with Crippen molar-refractivity contribution >= 4 is 11.5 Å². The minimum absolute atomic E-state index is 0.0374. The quantitative estimate of drug-likeness (QED) is 0.849. The molecule has 1 atom stereocenters. The fraction of sp³-hybridized carbons (Fsp3) is 0.409. The number of nitrogens with zero attached hydrogens (tertiary/aromatic N) is 2. The van der Waals surface area contributed by atoms with Crippen molar-refractivity contribution < 1.29 is 9.53 Å². The number of hydrogen-bond acceptors (Lipinski definition) is 4. The molecule has 0 N–H and O–H groups in total. The Labute approximate surface area is 155 Å². The first-order valence-corrected chi connectivity index (χ1v) is 9.44. The molecule has 0 unspecified atom stereocenters. The first-order chi connectivity index (χ1) is 12.6. The number of rotatable bonds is 3. The lowest BCUT2D eigenvalue weighted by molar-refractivity contribution is 0.0756. The van der Waals surface area contributed by atoms with Crippen LogP contribution in [0.25, 0.3) is 0 Å². The van der Waals surface area contributed by atoms with Gasteiger partial charge in [-0.3, -0.25) is 9.69 Å². The Balaban J connectivity index is 1.36. The summed E-state index contributed by atoms with van der Waals surface area (Å²) in [5.74, 6) is 0.939. The van der Waals surface area contributed by atoms with Gasteiger partial charge in [-0.2, -0.15) is 0 Å². The summed E-state index contributed by atoms with van der Waals surface area (Å²) >= 11 is 0. The SMILES string of the molecule is Cc1cccc(N2CCN(C[C@H]3CC(=O)c4ccccc4O3)CC2)c1C. The zero-order valence-corrected chi connectivity index (χ0v) is 15.6. The van der Waals surface area contributed by atoms with Crippen molar-refractivity contribution in [1.82, 2.24) is 4.90 Å². The second kappa shape index (κ2) is 7.12. The number of Topliss-reactive ketones (excluding diaryl/α,β-unsaturated/α-hetero) is 1. The van der Waals surface area contributed by atoms with Gasteiger partial charge in [0.05, 0.1) is 5.56 Å². The van der Waals surface area contributed by atoms with Crippen LogP contribution < -0.4 is 9.64 Å².